The molecule has 2 heterocycles. The van der Waals surface area contributed by atoms with Crippen molar-refractivity contribution in [2.75, 3.05) is 0 Å². The van der Waals surface area contributed by atoms with Gasteiger partial charge in [-0.05, 0) is 12.1 Å². The Bertz CT molecular complexity index is 954. The number of rotatable bonds is 2. The quantitative estimate of drug-likeness (QED) is 0.697. The van der Waals surface area contributed by atoms with E-state index in [1.807, 2.05) is 0 Å². The molecule has 0 unspecified atom stereocenters. The van der Waals surface area contributed by atoms with Crippen molar-refractivity contribution in [3.05, 3.63) is 57.8 Å². The van der Waals surface area contributed by atoms with Crippen LogP contribution in [0.15, 0.2) is 29.3 Å². The highest BCUT2D eigenvalue weighted by atomic mass is 19.2. The van der Waals surface area contributed by atoms with Crippen molar-refractivity contribution in [1.29, 1.82) is 0 Å². The maximum atomic E-state index is 13.4. The number of aromatic amines is 1. The van der Waals surface area contributed by atoms with Crippen LogP contribution >= 0.6 is 0 Å². The van der Waals surface area contributed by atoms with Crippen molar-refractivity contribution >= 4 is 11.6 Å². The number of carbonyl (C=O) groups is 1. The van der Waals surface area contributed by atoms with E-state index in [-0.39, 0.29) is 22.5 Å². The minimum Gasteiger partial charge on any atom is -0.365 e. The van der Waals surface area contributed by atoms with Gasteiger partial charge in [0.05, 0.1) is 5.69 Å². The highest BCUT2D eigenvalue weighted by Crippen LogP contribution is 2.23. The number of nitrogens with zero attached hydrogens (tertiary/aromatic N) is 2. The topological polar surface area (TPSA) is 93.3 Å². The Morgan fingerprint density at radius 3 is 2.41 bits per heavy atom. The first kappa shape index (κ1) is 13.9. The fraction of sp³-hybridized carbons (Fsp3) is 0. The maximum Gasteiger partial charge on any atom is 0.256 e. The number of pyridine rings is 1. The number of primary amides is 1. The number of nitrogens with one attached hydrogen (secondary N) is 1. The van der Waals surface area contributed by atoms with E-state index in [9.17, 15) is 22.8 Å². The van der Waals surface area contributed by atoms with Gasteiger partial charge in [0, 0.05) is 11.6 Å². The van der Waals surface area contributed by atoms with Crippen LogP contribution in [-0.4, -0.2) is 20.5 Å². The van der Waals surface area contributed by atoms with Gasteiger partial charge in [-0.1, -0.05) is 0 Å². The standard InChI is InChI=1S/C13H7F3N4O2/c14-6-1-5(2-7(15)11(6)16)8-3-9(21)10(12(17)22)13-18-4-19-20(8)13/h1-4H,(H2,17,22)(H,18,19). The lowest BCUT2D eigenvalue weighted by Gasteiger charge is -2.08. The molecule has 1 aromatic carbocycles. The summed E-state index contributed by atoms with van der Waals surface area (Å²) in [4.78, 5) is 27.1. The number of hydrogen-bond acceptors (Lipinski definition) is 3. The van der Waals surface area contributed by atoms with Gasteiger partial charge >= 0.3 is 0 Å². The van der Waals surface area contributed by atoms with Gasteiger partial charge in [-0.3, -0.25) is 14.7 Å². The van der Waals surface area contributed by atoms with Crippen molar-refractivity contribution < 1.29 is 18.0 Å². The van der Waals surface area contributed by atoms with Crippen LogP contribution in [0.3, 0.4) is 0 Å². The molecule has 0 spiro atoms. The summed E-state index contributed by atoms with van der Waals surface area (Å²) in [5.74, 6) is -5.42. The Balaban J connectivity index is 2.39. The normalized spacial score (nSPS) is 11.0. The van der Waals surface area contributed by atoms with Gasteiger partial charge in [-0.25, -0.2) is 22.7 Å². The van der Waals surface area contributed by atoms with Crippen molar-refractivity contribution in [2.24, 2.45) is 5.73 Å². The lowest BCUT2D eigenvalue weighted by Crippen LogP contribution is -2.23. The molecular weight excluding hydrogens is 301 g/mol. The first-order chi connectivity index (χ1) is 10.4. The van der Waals surface area contributed by atoms with Gasteiger partial charge in [0.25, 0.3) is 5.91 Å². The Labute approximate surface area is 120 Å². The zero-order valence-electron chi connectivity index (χ0n) is 10.7. The van der Waals surface area contributed by atoms with Gasteiger partial charge < -0.3 is 5.73 Å². The van der Waals surface area contributed by atoms with E-state index in [1.54, 1.807) is 0 Å². The molecule has 22 heavy (non-hydrogen) atoms. The van der Waals surface area contributed by atoms with Crippen molar-refractivity contribution in [3.63, 3.8) is 0 Å². The zero-order chi connectivity index (χ0) is 16.0. The zero-order valence-corrected chi connectivity index (χ0v) is 10.7. The number of carbonyl (C=O) groups excluding carboxylic acids is 1. The van der Waals surface area contributed by atoms with Crippen molar-refractivity contribution in [3.8, 4) is 11.3 Å². The summed E-state index contributed by atoms with van der Waals surface area (Å²) in [7, 11) is 0. The molecule has 0 saturated carbocycles. The van der Waals surface area contributed by atoms with Crippen LogP contribution in [0.2, 0.25) is 0 Å². The molecule has 0 saturated heterocycles. The summed E-state index contributed by atoms with van der Waals surface area (Å²) < 4.78 is 40.9. The molecule has 9 heteroatoms. The fourth-order valence-corrected chi connectivity index (χ4v) is 2.15. The molecule has 1 amide bonds. The van der Waals surface area contributed by atoms with Crippen LogP contribution in [0.4, 0.5) is 13.2 Å². The van der Waals surface area contributed by atoms with Crippen molar-refractivity contribution in [1.82, 2.24) is 14.6 Å². The Hall–Kier alpha value is -3.10. The smallest absolute Gasteiger partial charge is 0.256 e. The number of halogens is 3. The molecule has 0 aliphatic rings. The van der Waals surface area contributed by atoms with E-state index in [1.165, 1.54) is 6.33 Å². The fourth-order valence-electron chi connectivity index (χ4n) is 2.15. The van der Waals surface area contributed by atoms with Crippen LogP contribution in [-0.2, 0) is 0 Å². The molecular formula is C13H7F3N4O2. The third kappa shape index (κ3) is 1.94. The van der Waals surface area contributed by atoms with Gasteiger partial charge in [-0.2, -0.15) is 0 Å². The average Bonchev–Trinajstić information content (AvgIpc) is 2.91. The number of amides is 1. The molecule has 0 fully saturated rings. The van der Waals surface area contributed by atoms with E-state index < -0.39 is 28.8 Å². The lowest BCUT2D eigenvalue weighted by molar-refractivity contribution is 0.100. The first-order valence-electron chi connectivity index (χ1n) is 5.94. The highest BCUT2D eigenvalue weighted by molar-refractivity contribution is 5.99. The second-order valence-electron chi connectivity index (χ2n) is 4.43. The summed E-state index contributed by atoms with van der Waals surface area (Å²) in [6.45, 7) is 0. The Kier molecular flexibility index (Phi) is 2.98. The molecule has 0 aliphatic heterocycles. The lowest BCUT2D eigenvalue weighted by atomic mass is 10.1. The van der Waals surface area contributed by atoms with Gasteiger partial charge in [0.15, 0.2) is 28.5 Å². The molecule has 3 rings (SSSR count). The summed E-state index contributed by atoms with van der Waals surface area (Å²) in [5.41, 5.74) is 3.78. The Morgan fingerprint density at radius 1 is 1.18 bits per heavy atom. The highest BCUT2D eigenvalue weighted by Gasteiger charge is 2.19. The van der Waals surface area contributed by atoms with Gasteiger partial charge in [-0.15, -0.1) is 0 Å². The van der Waals surface area contributed by atoms with Crippen LogP contribution in [0, 0.1) is 17.5 Å². The minimum absolute atomic E-state index is 0.000278. The number of nitrogens with two attached hydrogens (primary N) is 1. The third-order valence-electron chi connectivity index (χ3n) is 3.09. The van der Waals surface area contributed by atoms with E-state index in [0.29, 0.717) is 0 Å². The predicted molar refractivity (Wildman–Crippen MR) is 69.6 cm³/mol. The summed E-state index contributed by atoms with van der Waals surface area (Å²) >= 11 is 0. The average molecular weight is 308 g/mol. The SMILES string of the molecule is NC(=O)c1c(=O)cc(-c2cc(F)c(F)c(F)c2)n2[nH]cnc12. The molecule has 6 nitrogen and oxygen atoms in total. The van der Waals surface area contributed by atoms with E-state index in [4.69, 9.17) is 5.73 Å². The summed E-state index contributed by atoms with van der Waals surface area (Å²) in [6.07, 6.45) is 1.17. The number of aromatic nitrogens is 3. The maximum absolute atomic E-state index is 13.4. The molecule has 3 N–H and O–H groups in total. The molecule has 0 bridgehead atoms. The minimum atomic E-state index is -1.62. The molecule has 0 atom stereocenters. The van der Waals surface area contributed by atoms with Crippen LogP contribution in [0.25, 0.3) is 16.9 Å². The number of benzene rings is 1. The van der Waals surface area contributed by atoms with E-state index in [0.717, 1.165) is 22.7 Å². The summed E-state index contributed by atoms with van der Waals surface area (Å²) in [6, 6.07) is 2.41. The van der Waals surface area contributed by atoms with E-state index >= 15 is 0 Å². The molecule has 112 valence electrons. The first-order valence-corrected chi connectivity index (χ1v) is 5.94. The number of H-pyrrole nitrogens is 1. The van der Waals surface area contributed by atoms with E-state index in [2.05, 4.69) is 10.1 Å². The largest absolute Gasteiger partial charge is 0.365 e. The molecule has 0 radical (unpaired) electrons. The second-order valence-corrected chi connectivity index (χ2v) is 4.43. The van der Waals surface area contributed by atoms with Gasteiger partial charge in [0.1, 0.15) is 11.9 Å². The monoisotopic (exact) mass is 308 g/mol. The number of fused-ring (bicyclic) bond motifs is 1. The molecule has 2 aromatic heterocycles. The van der Waals surface area contributed by atoms with Crippen LogP contribution < -0.4 is 11.2 Å². The second kappa shape index (κ2) is 4.72. The third-order valence-corrected chi connectivity index (χ3v) is 3.09. The van der Waals surface area contributed by atoms with Crippen LogP contribution in [0.5, 0.6) is 0 Å². The Morgan fingerprint density at radius 2 is 1.82 bits per heavy atom. The predicted octanol–water partition coefficient (Wildman–Crippen LogP) is 1.21. The molecule has 3 aromatic rings. The van der Waals surface area contributed by atoms with Gasteiger partial charge in [0.2, 0.25) is 0 Å². The number of hydrogen-bond donors (Lipinski definition) is 2. The summed E-state index contributed by atoms with van der Waals surface area (Å²) in [5, 5.41) is 2.58. The van der Waals surface area contributed by atoms with Crippen molar-refractivity contribution in [2.45, 2.75) is 0 Å². The molecule has 0 aliphatic carbocycles. The van der Waals surface area contributed by atoms with Crippen LogP contribution in [0.1, 0.15) is 10.4 Å².